The van der Waals surface area contributed by atoms with Crippen LogP contribution >= 0.6 is 0 Å². The molecule has 1 aromatic rings. The molecule has 1 N–H and O–H groups in total. The molecule has 6 nitrogen and oxygen atoms in total. The third-order valence-corrected chi connectivity index (χ3v) is 6.66. The van der Waals surface area contributed by atoms with E-state index in [0.717, 1.165) is 55.4 Å². The second kappa shape index (κ2) is 7.22. The lowest BCUT2D eigenvalue weighted by Gasteiger charge is -2.36. The first-order chi connectivity index (χ1) is 13.4. The quantitative estimate of drug-likeness (QED) is 0.813. The Morgan fingerprint density at radius 1 is 1.18 bits per heavy atom. The van der Waals surface area contributed by atoms with Gasteiger partial charge in [-0.15, -0.1) is 0 Å². The van der Waals surface area contributed by atoms with Crippen LogP contribution in [0.4, 0.5) is 4.79 Å². The number of nitrogens with one attached hydrogen (secondary N) is 1. The Balaban J connectivity index is 1.53. The second-order valence-corrected chi connectivity index (χ2v) is 8.43. The highest BCUT2D eigenvalue weighted by Gasteiger charge is 2.50. The van der Waals surface area contributed by atoms with Crippen molar-refractivity contribution < 1.29 is 14.4 Å². The Hall–Kier alpha value is -2.37. The number of fused-ring (bicyclic) bond motifs is 1. The molecule has 0 radical (unpaired) electrons. The molecular weight excluding hydrogens is 354 g/mol. The Bertz CT molecular complexity index is 821. The molecule has 28 heavy (non-hydrogen) atoms. The summed E-state index contributed by atoms with van der Waals surface area (Å²) in [6.07, 6.45) is 7.22. The zero-order valence-electron chi connectivity index (χ0n) is 16.8. The van der Waals surface area contributed by atoms with Gasteiger partial charge in [0.1, 0.15) is 12.1 Å². The average Bonchev–Trinajstić information content (AvgIpc) is 3.26. The van der Waals surface area contributed by atoms with E-state index in [1.165, 1.54) is 11.1 Å². The van der Waals surface area contributed by atoms with E-state index in [0.29, 0.717) is 6.54 Å². The number of imide groups is 1. The van der Waals surface area contributed by atoms with Crippen molar-refractivity contribution in [2.45, 2.75) is 70.4 Å². The highest BCUT2D eigenvalue weighted by Crippen LogP contribution is 2.32. The van der Waals surface area contributed by atoms with Crippen LogP contribution in [0.15, 0.2) is 18.2 Å². The minimum absolute atomic E-state index is 0.131. The number of hydrogen-bond acceptors (Lipinski definition) is 3. The number of likely N-dealkylation sites (tertiary alicyclic amines) is 1. The molecule has 3 aliphatic rings. The molecule has 0 saturated carbocycles. The number of rotatable bonds is 4. The molecule has 4 amide bonds. The minimum atomic E-state index is -1.11. The third kappa shape index (κ3) is 3.09. The van der Waals surface area contributed by atoms with Crippen LogP contribution in [0.5, 0.6) is 0 Å². The van der Waals surface area contributed by atoms with E-state index in [9.17, 15) is 14.4 Å². The van der Waals surface area contributed by atoms with Gasteiger partial charge in [-0.3, -0.25) is 14.5 Å². The fourth-order valence-electron chi connectivity index (χ4n) is 4.90. The molecule has 1 aliphatic carbocycles. The predicted molar refractivity (Wildman–Crippen MR) is 106 cm³/mol. The van der Waals surface area contributed by atoms with Crippen molar-refractivity contribution in [2.24, 2.45) is 0 Å². The molecule has 6 heteroatoms. The number of nitrogens with zero attached hydrogens (tertiary/aromatic N) is 2. The Labute approximate surface area is 166 Å². The summed E-state index contributed by atoms with van der Waals surface area (Å²) in [6.45, 7) is 4.35. The SMILES string of the molecule is CCC1CCCCN1C(=O)CN1C(=O)NC(C)(c2ccc3c(c2)CCC3)C1=O. The fraction of sp³-hybridized carbons (Fsp3) is 0.591. The molecule has 0 aromatic heterocycles. The van der Waals surface area contributed by atoms with E-state index >= 15 is 0 Å². The molecule has 2 atom stereocenters. The van der Waals surface area contributed by atoms with Gasteiger partial charge in [0.15, 0.2) is 0 Å². The second-order valence-electron chi connectivity index (χ2n) is 8.43. The van der Waals surface area contributed by atoms with Gasteiger partial charge in [0.2, 0.25) is 5.91 Å². The van der Waals surface area contributed by atoms with Gasteiger partial charge in [0.05, 0.1) is 0 Å². The first-order valence-electron chi connectivity index (χ1n) is 10.5. The highest BCUT2D eigenvalue weighted by molar-refractivity contribution is 6.09. The number of amides is 4. The lowest BCUT2D eigenvalue weighted by atomic mass is 9.89. The van der Waals surface area contributed by atoms with Crippen molar-refractivity contribution in [1.29, 1.82) is 0 Å². The highest BCUT2D eigenvalue weighted by atomic mass is 16.2. The van der Waals surface area contributed by atoms with Crippen molar-refractivity contribution in [2.75, 3.05) is 13.1 Å². The van der Waals surface area contributed by atoms with E-state index in [4.69, 9.17) is 0 Å². The van der Waals surface area contributed by atoms with Crippen LogP contribution in [-0.2, 0) is 28.0 Å². The summed E-state index contributed by atoms with van der Waals surface area (Å²) < 4.78 is 0. The van der Waals surface area contributed by atoms with E-state index in [1.54, 1.807) is 6.92 Å². The minimum Gasteiger partial charge on any atom is -0.338 e. The maximum absolute atomic E-state index is 13.2. The monoisotopic (exact) mass is 383 g/mol. The Kier molecular flexibility index (Phi) is 4.89. The summed E-state index contributed by atoms with van der Waals surface area (Å²) in [5.74, 6) is -0.470. The maximum Gasteiger partial charge on any atom is 0.325 e. The van der Waals surface area contributed by atoms with Crippen LogP contribution in [-0.4, -0.2) is 46.8 Å². The van der Waals surface area contributed by atoms with E-state index in [1.807, 2.05) is 17.0 Å². The molecule has 2 heterocycles. The van der Waals surface area contributed by atoms with Crippen molar-refractivity contribution in [3.63, 3.8) is 0 Å². The lowest BCUT2D eigenvalue weighted by Crippen LogP contribution is -2.49. The van der Waals surface area contributed by atoms with Crippen LogP contribution in [0.1, 0.15) is 62.6 Å². The summed E-state index contributed by atoms with van der Waals surface area (Å²) in [4.78, 5) is 41.6. The third-order valence-electron chi connectivity index (χ3n) is 6.66. The smallest absolute Gasteiger partial charge is 0.325 e. The van der Waals surface area contributed by atoms with Gasteiger partial charge in [0.25, 0.3) is 5.91 Å². The molecular formula is C22H29N3O3. The van der Waals surface area contributed by atoms with Crippen LogP contribution in [0.25, 0.3) is 0 Å². The molecule has 2 aliphatic heterocycles. The van der Waals surface area contributed by atoms with Crippen molar-refractivity contribution >= 4 is 17.8 Å². The Morgan fingerprint density at radius 2 is 1.96 bits per heavy atom. The molecule has 150 valence electrons. The summed E-state index contributed by atoms with van der Waals surface area (Å²) in [5, 5.41) is 2.84. The van der Waals surface area contributed by atoms with E-state index in [-0.39, 0.29) is 24.4 Å². The summed E-state index contributed by atoms with van der Waals surface area (Å²) in [6, 6.07) is 5.78. The molecule has 0 spiro atoms. The van der Waals surface area contributed by atoms with Crippen LogP contribution in [0.3, 0.4) is 0 Å². The van der Waals surface area contributed by atoms with Crippen LogP contribution in [0, 0.1) is 0 Å². The van der Waals surface area contributed by atoms with Crippen molar-refractivity contribution in [1.82, 2.24) is 15.1 Å². The van der Waals surface area contributed by atoms with Gasteiger partial charge in [-0.2, -0.15) is 0 Å². The number of hydrogen-bond donors (Lipinski definition) is 1. The number of benzene rings is 1. The van der Waals surface area contributed by atoms with E-state index < -0.39 is 11.6 Å². The first-order valence-corrected chi connectivity index (χ1v) is 10.5. The van der Waals surface area contributed by atoms with Crippen LogP contribution in [0.2, 0.25) is 0 Å². The first kappa shape index (κ1) is 19.0. The molecule has 1 aromatic carbocycles. The van der Waals surface area contributed by atoms with Crippen molar-refractivity contribution in [3.05, 3.63) is 34.9 Å². The Morgan fingerprint density at radius 3 is 2.75 bits per heavy atom. The number of carbonyl (C=O) groups excluding carboxylic acids is 3. The molecule has 4 rings (SSSR count). The maximum atomic E-state index is 13.2. The van der Waals surface area contributed by atoms with Gasteiger partial charge in [-0.25, -0.2) is 4.79 Å². The molecule has 2 saturated heterocycles. The summed E-state index contributed by atoms with van der Waals surface area (Å²) in [7, 11) is 0. The largest absolute Gasteiger partial charge is 0.338 e. The topological polar surface area (TPSA) is 69.7 Å². The average molecular weight is 383 g/mol. The number of urea groups is 1. The zero-order valence-corrected chi connectivity index (χ0v) is 16.8. The number of piperidine rings is 1. The number of aryl methyl sites for hydroxylation is 2. The van der Waals surface area contributed by atoms with Crippen molar-refractivity contribution in [3.8, 4) is 0 Å². The van der Waals surface area contributed by atoms with E-state index in [2.05, 4.69) is 18.3 Å². The molecule has 2 fully saturated rings. The standard InChI is InChI=1S/C22H29N3O3/c1-3-18-9-4-5-12-24(18)19(26)14-25-20(27)22(2,23-21(25)28)17-11-10-15-7-6-8-16(15)13-17/h10-11,13,18H,3-9,12,14H2,1-2H3,(H,23,28). The van der Waals surface area contributed by atoms with Gasteiger partial charge in [0, 0.05) is 12.6 Å². The zero-order chi connectivity index (χ0) is 19.9. The van der Waals surface area contributed by atoms with Gasteiger partial charge >= 0.3 is 6.03 Å². The van der Waals surface area contributed by atoms with Crippen LogP contribution < -0.4 is 5.32 Å². The predicted octanol–water partition coefficient (Wildman–Crippen LogP) is 2.73. The van der Waals surface area contributed by atoms with Gasteiger partial charge < -0.3 is 10.2 Å². The van der Waals surface area contributed by atoms with Gasteiger partial charge in [-0.1, -0.05) is 25.1 Å². The molecule has 2 unspecified atom stereocenters. The lowest BCUT2D eigenvalue weighted by molar-refractivity contribution is -0.141. The normalized spacial score (nSPS) is 27.1. The van der Waals surface area contributed by atoms with Gasteiger partial charge in [-0.05, 0) is 68.6 Å². The molecule has 0 bridgehead atoms. The summed E-state index contributed by atoms with van der Waals surface area (Å²) in [5.41, 5.74) is 2.27. The number of carbonyl (C=O) groups is 3. The summed E-state index contributed by atoms with van der Waals surface area (Å²) >= 11 is 0. The fourth-order valence-corrected chi connectivity index (χ4v) is 4.90.